The maximum atomic E-state index is 11.9. The molecule has 0 saturated heterocycles. The second kappa shape index (κ2) is 8.33. The fraction of sp³-hybridized carbons (Fsp3) is 0.533. The number of carbonyl (C=O) groups is 1. The van der Waals surface area contributed by atoms with Crippen LogP contribution in [0.1, 0.15) is 42.1 Å². The Bertz CT molecular complexity index is 357. The molecule has 0 amide bonds. The van der Waals surface area contributed by atoms with E-state index in [1.165, 1.54) is 5.56 Å². The lowest BCUT2D eigenvalue weighted by Crippen LogP contribution is -2.04. The largest absolute Gasteiger partial charge is 0.385 e. The molecule has 0 fully saturated rings. The first-order valence-corrected chi connectivity index (χ1v) is 7.50. The predicted octanol–water partition coefficient (Wildman–Crippen LogP) is 3.76. The summed E-state index contributed by atoms with van der Waals surface area (Å²) in [6.07, 6.45) is 1.00. The monoisotopic (exact) mass is 266 g/mol. The average molecular weight is 266 g/mol. The highest BCUT2D eigenvalue weighted by molar-refractivity contribution is 7.99. The lowest BCUT2D eigenvalue weighted by Gasteiger charge is -2.06. The zero-order valence-corrected chi connectivity index (χ0v) is 12.3. The zero-order chi connectivity index (χ0) is 13.4. The number of Topliss-reactive ketones (excluding diaryl/α,β-unsaturated/α-hetero) is 1. The average Bonchev–Trinajstić information content (AvgIpc) is 2.38. The van der Waals surface area contributed by atoms with Gasteiger partial charge in [0.25, 0.3) is 0 Å². The van der Waals surface area contributed by atoms with Crippen LogP contribution in [-0.4, -0.2) is 31.0 Å². The first-order valence-electron chi connectivity index (χ1n) is 6.35. The number of methoxy groups -OCH3 is 1. The van der Waals surface area contributed by atoms with Gasteiger partial charge >= 0.3 is 0 Å². The third kappa shape index (κ3) is 5.23. The Morgan fingerprint density at radius 3 is 2.50 bits per heavy atom. The third-order valence-electron chi connectivity index (χ3n) is 2.77. The number of thioether (sulfide) groups is 1. The van der Waals surface area contributed by atoms with Crippen LogP contribution in [0, 0.1) is 0 Å². The highest BCUT2D eigenvalue weighted by atomic mass is 32.2. The molecule has 1 rings (SSSR count). The van der Waals surface area contributed by atoms with Gasteiger partial charge in [0.15, 0.2) is 5.78 Å². The van der Waals surface area contributed by atoms with Gasteiger partial charge in [-0.3, -0.25) is 4.79 Å². The van der Waals surface area contributed by atoms with Crippen molar-refractivity contribution in [2.45, 2.75) is 26.2 Å². The van der Waals surface area contributed by atoms with E-state index in [2.05, 4.69) is 13.8 Å². The van der Waals surface area contributed by atoms with Crippen LogP contribution in [0.4, 0.5) is 0 Å². The summed E-state index contributed by atoms with van der Waals surface area (Å²) < 4.78 is 4.97. The Morgan fingerprint density at radius 2 is 1.94 bits per heavy atom. The van der Waals surface area contributed by atoms with Crippen molar-refractivity contribution in [3.63, 3.8) is 0 Å². The molecule has 18 heavy (non-hydrogen) atoms. The molecule has 1 aromatic rings. The van der Waals surface area contributed by atoms with Crippen LogP contribution >= 0.6 is 11.8 Å². The molecule has 0 aliphatic heterocycles. The molecule has 0 unspecified atom stereocenters. The number of ketones is 1. The molecule has 2 nitrogen and oxygen atoms in total. The van der Waals surface area contributed by atoms with E-state index in [4.69, 9.17) is 4.74 Å². The Kier molecular flexibility index (Phi) is 7.06. The van der Waals surface area contributed by atoms with E-state index in [9.17, 15) is 4.79 Å². The van der Waals surface area contributed by atoms with E-state index in [1.54, 1.807) is 18.9 Å². The molecular weight excluding hydrogens is 244 g/mol. The molecular formula is C15H22O2S. The van der Waals surface area contributed by atoms with Gasteiger partial charge in [-0.1, -0.05) is 38.1 Å². The fourth-order valence-corrected chi connectivity index (χ4v) is 2.43. The molecule has 0 aromatic heterocycles. The van der Waals surface area contributed by atoms with E-state index in [1.807, 2.05) is 24.3 Å². The van der Waals surface area contributed by atoms with Gasteiger partial charge in [-0.2, -0.15) is 11.8 Å². The van der Waals surface area contributed by atoms with E-state index in [-0.39, 0.29) is 5.78 Å². The van der Waals surface area contributed by atoms with Crippen LogP contribution in [0.15, 0.2) is 24.3 Å². The fourth-order valence-electron chi connectivity index (χ4n) is 1.61. The molecule has 0 atom stereocenters. The normalized spacial score (nSPS) is 10.9. The number of ether oxygens (including phenoxy) is 1. The van der Waals surface area contributed by atoms with E-state index in [0.717, 1.165) is 24.3 Å². The van der Waals surface area contributed by atoms with Crippen molar-refractivity contribution >= 4 is 17.5 Å². The van der Waals surface area contributed by atoms with Crippen molar-refractivity contribution in [1.82, 2.24) is 0 Å². The number of benzene rings is 1. The van der Waals surface area contributed by atoms with Crippen LogP contribution < -0.4 is 0 Å². The van der Waals surface area contributed by atoms with Crippen molar-refractivity contribution < 1.29 is 9.53 Å². The Hall–Kier alpha value is -0.800. The number of hydrogen-bond acceptors (Lipinski definition) is 3. The van der Waals surface area contributed by atoms with Gasteiger partial charge in [-0.15, -0.1) is 0 Å². The smallest absolute Gasteiger partial charge is 0.172 e. The summed E-state index contributed by atoms with van der Waals surface area (Å²) in [6.45, 7) is 5.08. The molecule has 0 spiro atoms. The zero-order valence-electron chi connectivity index (χ0n) is 11.4. The molecule has 0 aliphatic carbocycles. The Labute approximate surface area is 114 Å². The van der Waals surface area contributed by atoms with Crippen molar-refractivity contribution in [3.05, 3.63) is 35.4 Å². The Morgan fingerprint density at radius 1 is 1.28 bits per heavy atom. The van der Waals surface area contributed by atoms with Crippen molar-refractivity contribution in [2.75, 3.05) is 25.2 Å². The lowest BCUT2D eigenvalue weighted by molar-refractivity contribution is 0.102. The van der Waals surface area contributed by atoms with Crippen molar-refractivity contribution in [1.29, 1.82) is 0 Å². The van der Waals surface area contributed by atoms with Crippen LogP contribution in [0.5, 0.6) is 0 Å². The summed E-state index contributed by atoms with van der Waals surface area (Å²) in [5.74, 6) is 2.26. The number of rotatable bonds is 8. The molecule has 1 aromatic carbocycles. The van der Waals surface area contributed by atoms with Crippen LogP contribution in [0.25, 0.3) is 0 Å². The lowest BCUT2D eigenvalue weighted by atomic mass is 10.0. The summed E-state index contributed by atoms with van der Waals surface area (Å²) in [7, 11) is 1.70. The predicted molar refractivity (Wildman–Crippen MR) is 78.7 cm³/mol. The van der Waals surface area contributed by atoms with Crippen molar-refractivity contribution in [2.24, 2.45) is 0 Å². The third-order valence-corrected chi connectivity index (χ3v) is 3.81. The topological polar surface area (TPSA) is 26.3 Å². The minimum atomic E-state index is 0.215. The van der Waals surface area contributed by atoms with Crippen LogP contribution in [0.3, 0.4) is 0 Å². The summed E-state index contributed by atoms with van der Waals surface area (Å²) in [6, 6.07) is 7.97. The second-order valence-electron chi connectivity index (χ2n) is 4.60. The van der Waals surface area contributed by atoms with Gasteiger partial charge in [0, 0.05) is 19.3 Å². The van der Waals surface area contributed by atoms with Crippen LogP contribution in [0.2, 0.25) is 0 Å². The number of carbonyl (C=O) groups excluding carboxylic acids is 1. The molecule has 3 heteroatoms. The standard InChI is InChI=1S/C15H22O2S/c1-12(2)13-5-7-14(8-6-13)15(16)11-18-10-4-9-17-3/h5-8,12H,4,9-11H2,1-3H3. The first kappa shape index (κ1) is 15.3. The van der Waals surface area contributed by atoms with Crippen molar-refractivity contribution in [3.8, 4) is 0 Å². The van der Waals surface area contributed by atoms with Gasteiger partial charge in [0.2, 0.25) is 0 Å². The molecule has 0 heterocycles. The maximum Gasteiger partial charge on any atom is 0.172 e. The maximum absolute atomic E-state index is 11.9. The second-order valence-corrected chi connectivity index (χ2v) is 5.70. The summed E-state index contributed by atoms with van der Waals surface area (Å²) >= 11 is 1.68. The Balaban J connectivity index is 2.37. The van der Waals surface area contributed by atoms with Gasteiger partial charge in [-0.05, 0) is 23.7 Å². The molecule has 100 valence electrons. The molecule has 0 bridgehead atoms. The number of hydrogen-bond donors (Lipinski definition) is 0. The van der Waals surface area contributed by atoms with Crippen LogP contribution in [-0.2, 0) is 4.74 Å². The summed E-state index contributed by atoms with van der Waals surface area (Å²) in [5.41, 5.74) is 2.10. The van der Waals surface area contributed by atoms with E-state index >= 15 is 0 Å². The summed E-state index contributed by atoms with van der Waals surface area (Å²) in [4.78, 5) is 11.9. The highest BCUT2D eigenvalue weighted by Gasteiger charge is 2.06. The van der Waals surface area contributed by atoms with Gasteiger partial charge in [0.05, 0.1) is 5.75 Å². The van der Waals surface area contributed by atoms with E-state index in [0.29, 0.717) is 11.7 Å². The molecule has 0 N–H and O–H groups in total. The van der Waals surface area contributed by atoms with Gasteiger partial charge in [-0.25, -0.2) is 0 Å². The molecule has 0 saturated carbocycles. The SMILES string of the molecule is COCCCSCC(=O)c1ccc(C(C)C)cc1. The molecule has 0 radical (unpaired) electrons. The summed E-state index contributed by atoms with van der Waals surface area (Å²) in [5, 5.41) is 0. The molecule has 0 aliphatic rings. The minimum Gasteiger partial charge on any atom is -0.385 e. The minimum absolute atomic E-state index is 0.215. The highest BCUT2D eigenvalue weighted by Crippen LogP contribution is 2.16. The van der Waals surface area contributed by atoms with E-state index < -0.39 is 0 Å². The first-order chi connectivity index (χ1) is 8.65. The van der Waals surface area contributed by atoms with Gasteiger partial charge < -0.3 is 4.74 Å². The quantitative estimate of drug-likeness (QED) is 0.529. The van der Waals surface area contributed by atoms with Gasteiger partial charge in [0.1, 0.15) is 0 Å².